The summed E-state index contributed by atoms with van der Waals surface area (Å²) >= 11 is 0. The molecule has 0 atom stereocenters. The molecule has 1 aliphatic rings. The Kier molecular flexibility index (Phi) is 9.97. The number of benzene rings is 2. The maximum absolute atomic E-state index is 12.1. The van der Waals surface area contributed by atoms with Crippen LogP contribution in [0.3, 0.4) is 0 Å². The number of rotatable bonds is 8. The predicted octanol–water partition coefficient (Wildman–Crippen LogP) is 5.71. The lowest BCUT2D eigenvalue weighted by molar-refractivity contribution is -0.134. The number of esters is 1. The summed E-state index contributed by atoms with van der Waals surface area (Å²) in [6.45, 7) is 6.73. The van der Waals surface area contributed by atoms with E-state index in [1.807, 2.05) is 38.1 Å². The summed E-state index contributed by atoms with van der Waals surface area (Å²) in [7, 11) is 3.88. The van der Waals surface area contributed by atoms with Gasteiger partial charge in [-0.2, -0.15) is 0 Å². The summed E-state index contributed by atoms with van der Waals surface area (Å²) in [5.74, 6) is 0.663. The van der Waals surface area contributed by atoms with E-state index in [1.165, 1.54) is 11.1 Å². The lowest BCUT2D eigenvalue weighted by Gasteiger charge is -2.24. The van der Waals surface area contributed by atoms with Crippen LogP contribution < -0.4 is 10.5 Å². The van der Waals surface area contributed by atoms with Gasteiger partial charge in [0.1, 0.15) is 11.5 Å². The van der Waals surface area contributed by atoms with E-state index in [0.29, 0.717) is 18.7 Å². The number of allylic oxidation sites excluding steroid dienone is 2. The summed E-state index contributed by atoms with van der Waals surface area (Å²) in [6, 6.07) is 11.2. The van der Waals surface area contributed by atoms with E-state index in [4.69, 9.17) is 10.5 Å². The molecule has 0 saturated carbocycles. The normalized spacial score (nSPS) is 12.4. The van der Waals surface area contributed by atoms with Gasteiger partial charge in [-0.25, -0.2) is 0 Å². The second kappa shape index (κ2) is 12.4. The number of aryl methyl sites for hydroxylation is 1. The highest BCUT2D eigenvalue weighted by Crippen LogP contribution is 2.35. The van der Waals surface area contributed by atoms with Crippen LogP contribution in [0.5, 0.6) is 11.5 Å². The van der Waals surface area contributed by atoms with E-state index in [1.54, 1.807) is 12.1 Å². The monoisotopic (exact) mass is 439 g/mol. The van der Waals surface area contributed by atoms with Crippen molar-refractivity contribution in [1.29, 1.82) is 0 Å². The van der Waals surface area contributed by atoms with Gasteiger partial charge in [0.2, 0.25) is 0 Å². The van der Waals surface area contributed by atoms with Gasteiger partial charge in [-0.05, 0) is 84.3 Å². The average molecular weight is 440 g/mol. The Bertz CT molecular complexity index is 932. The predicted molar refractivity (Wildman–Crippen MR) is 133 cm³/mol. The minimum absolute atomic E-state index is 0.209. The summed E-state index contributed by atoms with van der Waals surface area (Å²) < 4.78 is 5.62. The molecule has 0 fully saturated rings. The molecule has 0 amide bonds. The molecule has 0 saturated heterocycles. The molecule has 2 aromatic rings. The van der Waals surface area contributed by atoms with Crippen LogP contribution in [0, 0.1) is 0 Å². The molecule has 0 heterocycles. The van der Waals surface area contributed by atoms with E-state index in [-0.39, 0.29) is 11.7 Å². The summed E-state index contributed by atoms with van der Waals surface area (Å²) in [6.07, 6.45) is 6.79. The number of aromatic hydroxyl groups is 1. The standard InChI is InChI=1S/C24H28NO3P.C2H6/c1-2-5-17-14-20(28-22(27)6-3-4-13-25)15-18-9-12-21(24(29)23(17)18)16-7-10-19(26)11-8-16;1-2/h7-8,10-12,14-15,26,29H,2-6,9,13,25H2,1H3;1-2H3. The molecule has 3 N–H and O–H groups in total. The molecule has 3 rings (SSSR count). The minimum Gasteiger partial charge on any atom is -0.508 e. The van der Waals surface area contributed by atoms with E-state index in [9.17, 15) is 9.90 Å². The molecule has 0 radical (unpaired) electrons. The first-order valence-electron chi connectivity index (χ1n) is 11.2. The smallest absolute Gasteiger partial charge is 0.311 e. The average Bonchev–Trinajstić information content (AvgIpc) is 2.76. The van der Waals surface area contributed by atoms with Gasteiger partial charge in [-0.3, -0.25) is 4.79 Å². The first-order chi connectivity index (χ1) is 15.0. The second-order valence-corrected chi connectivity index (χ2v) is 7.83. The molecular formula is C26H34NO3P. The molecule has 0 bridgehead atoms. The fourth-order valence-electron chi connectivity index (χ4n) is 3.69. The zero-order chi connectivity index (χ0) is 22.8. The topological polar surface area (TPSA) is 72.5 Å². The van der Waals surface area contributed by atoms with E-state index >= 15 is 0 Å². The maximum Gasteiger partial charge on any atom is 0.311 e. The van der Waals surface area contributed by atoms with Crippen molar-refractivity contribution in [2.75, 3.05) is 6.54 Å². The Morgan fingerprint density at radius 3 is 2.52 bits per heavy atom. The van der Waals surface area contributed by atoms with Crippen LogP contribution in [0.15, 0.2) is 42.5 Å². The zero-order valence-electron chi connectivity index (χ0n) is 18.8. The van der Waals surface area contributed by atoms with Gasteiger partial charge in [0, 0.05) is 11.7 Å². The van der Waals surface area contributed by atoms with Crippen molar-refractivity contribution in [3.05, 3.63) is 64.7 Å². The molecule has 166 valence electrons. The highest BCUT2D eigenvalue weighted by atomic mass is 31.0. The second-order valence-electron chi connectivity index (χ2n) is 7.33. The highest BCUT2D eigenvalue weighted by molar-refractivity contribution is 7.25. The lowest BCUT2D eigenvalue weighted by Crippen LogP contribution is -2.15. The van der Waals surface area contributed by atoms with Crippen molar-refractivity contribution in [2.45, 2.75) is 59.3 Å². The van der Waals surface area contributed by atoms with E-state index < -0.39 is 0 Å². The van der Waals surface area contributed by atoms with Crippen LogP contribution in [0.1, 0.15) is 68.7 Å². The van der Waals surface area contributed by atoms with Crippen molar-refractivity contribution in [3.63, 3.8) is 0 Å². The maximum atomic E-state index is 12.1. The Hall–Kier alpha value is -2.42. The van der Waals surface area contributed by atoms with Gasteiger partial charge in [-0.1, -0.05) is 45.4 Å². The molecule has 0 aromatic heterocycles. The Morgan fingerprint density at radius 1 is 1.16 bits per heavy atom. The van der Waals surface area contributed by atoms with Crippen LogP contribution in [0.4, 0.5) is 0 Å². The highest BCUT2D eigenvalue weighted by Gasteiger charge is 2.22. The van der Waals surface area contributed by atoms with Gasteiger partial charge in [-0.15, -0.1) is 8.86 Å². The largest absolute Gasteiger partial charge is 0.508 e. The Morgan fingerprint density at radius 2 is 1.87 bits per heavy atom. The van der Waals surface area contributed by atoms with Gasteiger partial charge >= 0.3 is 5.97 Å². The Labute approximate surface area is 188 Å². The van der Waals surface area contributed by atoms with Crippen LogP contribution in [-0.2, 0) is 17.6 Å². The number of hydrogen-bond acceptors (Lipinski definition) is 4. The fraction of sp³-hybridized carbons (Fsp3) is 0.385. The van der Waals surface area contributed by atoms with Crippen LogP contribution in [-0.4, -0.2) is 22.9 Å². The number of unbranched alkanes of at least 4 members (excludes halogenated alkanes) is 1. The quantitative estimate of drug-likeness (QED) is 0.239. The molecule has 31 heavy (non-hydrogen) atoms. The first-order valence-corrected chi connectivity index (χ1v) is 11.7. The fourth-order valence-corrected chi connectivity index (χ4v) is 4.26. The third-order valence-corrected chi connectivity index (χ3v) is 5.60. The number of nitrogens with two attached hydrogens (primary N) is 1. The summed E-state index contributed by atoms with van der Waals surface area (Å²) in [5.41, 5.74) is 11.1. The van der Waals surface area contributed by atoms with Crippen molar-refractivity contribution in [2.24, 2.45) is 5.73 Å². The van der Waals surface area contributed by atoms with Crippen LogP contribution in [0.25, 0.3) is 5.57 Å². The number of phenols is 1. The van der Waals surface area contributed by atoms with Gasteiger partial charge < -0.3 is 15.6 Å². The SMILES string of the molecule is CC.CCCc1cc(OC(=O)CCCCN)cc2c1C(=P)C(c1ccc(O)cc1)=CC2. The summed E-state index contributed by atoms with van der Waals surface area (Å²) in [4.78, 5) is 12.1. The van der Waals surface area contributed by atoms with E-state index in [0.717, 1.165) is 54.1 Å². The lowest BCUT2D eigenvalue weighted by atomic mass is 9.84. The van der Waals surface area contributed by atoms with Crippen molar-refractivity contribution in [3.8, 4) is 11.5 Å². The van der Waals surface area contributed by atoms with Crippen molar-refractivity contribution >= 4 is 25.7 Å². The number of carbonyl (C=O) groups excluding carboxylic acids is 1. The number of fused-ring (bicyclic) bond motifs is 1. The molecule has 5 heteroatoms. The number of phenolic OH excluding ortho intramolecular Hbond substituents is 1. The van der Waals surface area contributed by atoms with Crippen LogP contribution >= 0.6 is 8.86 Å². The van der Waals surface area contributed by atoms with E-state index in [2.05, 4.69) is 21.9 Å². The number of hydrogen-bond donors (Lipinski definition) is 2. The van der Waals surface area contributed by atoms with Gasteiger partial charge in [0.25, 0.3) is 0 Å². The molecule has 2 aromatic carbocycles. The van der Waals surface area contributed by atoms with Gasteiger partial charge in [0.15, 0.2) is 0 Å². The van der Waals surface area contributed by atoms with Crippen molar-refractivity contribution < 1.29 is 14.6 Å². The molecule has 0 aliphatic heterocycles. The number of ether oxygens (including phenoxy) is 1. The first kappa shape index (κ1) is 24.8. The van der Waals surface area contributed by atoms with Crippen LogP contribution in [0.2, 0.25) is 0 Å². The van der Waals surface area contributed by atoms with Gasteiger partial charge in [0.05, 0.1) is 0 Å². The molecule has 4 nitrogen and oxygen atoms in total. The molecule has 0 spiro atoms. The van der Waals surface area contributed by atoms with Crippen molar-refractivity contribution in [1.82, 2.24) is 0 Å². The third-order valence-electron chi connectivity index (χ3n) is 5.09. The minimum atomic E-state index is -0.209. The Balaban J connectivity index is 0.00000166. The molecule has 1 aliphatic carbocycles. The molecular weight excluding hydrogens is 405 g/mol. The summed E-state index contributed by atoms with van der Waals surface area (Å²) in [5, 5.41) is 10.6. The molecule has 0 unspecified atom stereocenters. The zero-order valence-corrected chi connectivity index (χ0v) is 19.8. The number of carbonyl (C=O) groups is 1. The third kappa shape index (κ3) is 6.53.